The van der Waals surface area contributed by atoms with E-state index in [0.717, 1.165) is 11.1 Å². The molecule has 1 saturated heterocycles. The third-order valence-electron chi connectivity index (χ3n) is 5.53. The molecular formula is C25H27N3O4S. The van der Waals surface area contributed by atoms with Crippen molar-refractivity contribution < 1.29 is 17.9 Å². The first-order chi connectivity index (χ1) is 16.0. The van der Waals surface area contributed by atoms with Crippen LogP contribution in [0.3, 0.4) is 0 Å². The van der Waals surface area contributed by atoms with Crippen molar-refractivity contribution in [1.29, 1.82) is 0 Å². The fourth-order valence-corrected chi connectivity index (χ4v) is 5.08. The number of rotatable bonds is 9. The number of carbonyl (C=O) groups is 1. The number of ether oxygens (including phenoxy) is 1. The van der Waals surface area contributed by atoms with Crippen molar-refractivity contribution in [1.82, 2.24) is 4.98 Å². The van der Waals surface area contributed by atoms with Crippen molar-refractivity contribution in [3.8, 4) is 0 Å². The maximum absolute atomic E-state index is 13.1. The van der Waals surface area contributed by atoms with E-state index < -0.39 is 10.0 Å². The van der Waals surface area contributed by atoms with Crippen molar-refractivity contribution in [2.24, 2.45) is 0 Å². The van der Waals surface area contributed by atoms with Gasteiger partial charge in [-0.05, 0) is 47.9 Å². The largest absolute Gasteiger partial charge is 0.378 e. The molecule has 33 heavy (non-hydrogen) atoms. The van der Waals surface area contributed by atoms with Gasteiger partial charge in [-0.1, -0.05) is 30.3 Å². The predicted molar refractivity (Wildman–Crippen MR) is 128 cm³/mol. The minimum Gasteiger partial charge on any atom is -0.378 e. The Balaban J connectivity index is 1.39. The Morgan fingerprint density at radius 3 is 2.45 bits per heavy atom. The Labute approximate surface area is 194 Å². The zero-order chi connectivity index (χ0) is 23.1. The monoisotopic (exact) mass is 465 g/mol. The van der Waals surface area contributed by atoms with Gasteiger partial charge in [0.1, 0.15) is 10.7 Å². The van der Waals surface area contributed by atoms with E-state index in [1.165, 1.54) is 0 Å². The lowest BCUT2D eigenvalue weighted by Gasteiger charge is -2.30. The van der Waals surface area contributed by atoms with E-state index >= 15 is 0 Å². The highest BCUT2D eigenvalue weighted by atomic mass is 32.2. The molecule has 0 saturated carbocycles. The molecule has 0 unspecified atom stereocenters. The Morgan fingerprint density at radius 2 is 1.73 bits per heavy atom. The first-order valence-corrected chi connectivity index (χ1v) is 12.4. The molecule has 0 amide bonds. The summed E-state index contributed by atoms with van der Waals surface area (Å²) in [6, 6.07) is 17.8. The van der Waals surface area contributed by atoms with Crippen molar-refractivity contribution in [2.45, 2.75) is 24.2 Å². The Hall–Kier alpha value is -3.23. The van der Waals surface area contributed by atoms with E-state index in [2.05, 4.69) is 9.71 Å². The summed E-state index contributed by atoms with van der Waals surface area (Å²) >= 11 is 0. The number of aryl methyl sites for hydroxylation is 1. The Bertz CT molecular complexity index is 1180. The zero-order valence-electron chi connectivity index (χ0n) is 18.3. The number of aromatic nitrogens is 1. The number of hydrogen-bond acceptors (Lipinski definition) is 6. The molecule has 8 heteroatoms. The molecule has 0 spiro atoms. The van der Waals surface area contributed by atoms with E-state index in [1.54, 1.807) is 48.8 Å². The van der Waals surface area contributed by atoms with Gasteiger partial charge in [-0.3, -0.25) is 14.5 Å². The molecule has 0 bridgehead atoms. The van der Waals surface area contributed by atoms with Crippen LogP contribution < -0.4 is 9.62 Å². The quantitative estimate of drug-likeness (QED) is 0.521. The minimum atomic E-state index is -3.77. The lowest BCUT2D eigenvalue weighted by atomic mass is 10.0. The van der Waals surface area contributed by atoms with Crippen LogP contribution in [0.5, 0.6) is 0 Å². The van der Waals surface area contributed by atoms with E-state index in [4.69, 9.17) is 4.74 Å². The highest BCUT2D eigenvalue weighted by molar-refractivity contribution is 7.92. The highest BCUT2D eigenvalue weighted by Crippen LogP contribution is 2.27. The van der Waals surface area contributed by atoms with Crippen LogP contribution in [0, 0.1) is 0 Å². The van der Waals surface area contributed by atoms with Gasteiger partial charge in [-0.15, -0.1) is 0 Å². The summed E-state index contributed by atoms with van der Waals surface area (Å²) in [6.45, 7) is 2.44. The molecule has 1 fully saturated rings. The van der Waals surface area contributed by atoms with E-state index in [1.807, 2.05) is 29.2 Å². The van der Waals surface area contributed by atoms with Crippen LogP contribution in [-0.2, 0) is 32.4 Å². The third-order valence-corrected chi connectivity index (χ3v) is 6.96. The Morgan fingerprint density at radius 1 is 0.970 bits per heavy atom. The summed E-state index contributed by atoms with van der Waals surface area (Å²) in [6.07, 6.45) is 4.90. The normalized spacial score (nSPS) is 14.1. The first-order valence-electron chi connectivity index (χ1n) is 11.0. The fourth-order valence-electron chi connectivity index (χ4n) is 3.80. The standard InChI is InChI=1S/C25H27N3O4S/c29-23(12-9-21-4-3-13-26-19-21)18-20-7-10-22(11-8-20)27-33(30,31)25-6-2-1-5-24(25)28-14-16-32-17-15-28/h1-8,10-11,13,19,27H,9,12,14-18H2. The third kappa shape index (κ3) is 6.18. The number of carbonyl (C=O) groups excluding carboxylic acids is 1. The number of morpholine rings is 1. The second-order valence-corrected chi connectivity index (χ2v) is 9.60. The predicted octanol–water partition coefficient (Wildman–Crippen LogP) is 3.46. The lowest BCUT2D eigenvalue weighted by molar-refractivity contribution is -0.118. The topological polar surface area (TPSA) is 88.6 Å². The van der Waals surface area contributed by atoms with Crippen LogP contribution in [0.25, 0.3) is 0 Å². The molecule has 1 aliphatic heterocycles. The molecule has 0 aliphatic carbocycles. The highest BCUT2D eigenvalue weighted by Gasteiger charge is 2.23. The first kappa shape index (κ1) is 22.9. The molecule has 3 aromatic rings. The maximum atomic E-state index is 13.1. The van der Waals surface area contributed by atoms with Crippen molar-refractivity contribution in [3.05, 3.63) is 84.2 Å². The van der Waals surface area contributed by atoms with Crippen molar-refractivity contribution in [3.63, 3.8) is 0 Å². The molecule has 2 heterocycles. The van der Waals surface area contributed by atoms with Crippen LogP contribution >= 0.6 is 0 Å². The van der Waals surface area contributed by atoms with Crippen molar-refractivity contribution >= 4 is 27.2 Å². The molecule has 7 nitrogen and oxygen atoms in total. The van der Waals surface area contributed by atoms with Crippen molar-refractivity contribution in [2.75, 3.05) is 35.9 Å². The molecule has 1 N–H and O–H groups in total. The molecule has 172 valence electrons. The summed E-state index contributed by atoms with van der Waals surface area (Å²) in [5, 5.41) is 0. The van der Waals surface area contributed by atoms with Crippen LogP contribution in [0.2, 0.25) is 0 Å². The summed E-state index contributed by atoms with van der Waals surface area (Å²) < 4.78 is 34.3. The van der Waals surface area contributed by atoms with Gasteiger partial charge in [0, 0.05) is 44.0 Å². The maximum Gasteiger partial charge on any atom is 0.263 e. The van der Waals surface area contributed by atoms with Gasteiger partial charge in [0.05, 0.1) is 18.9 Å². The molecule has 2 aromatic carbocycles. The van der Waals surface area contributed by atoms with Crippen LogP contribution in [-0.4, -0.2) is 45.5 Å². The number of para-hydroxylation sites is 1. The van der Waals surface area contributed by atoms with E-state index in [9.17, 15) is 13.2 Å². The molecular weight excluding hydrogens is 438 g/mol. The van der Waals surface area contributed by atoms with Gasteiger partial charge in [0.25, 0.3) is 10.0 Å². The van der Waals surface area contributed by atoms with Crippen LogP contribution in [0.1, 0.15) is 17.5 Å². The second kappa shape index (κ2) is 10.6. The summed E-state index contributed by atoms with van der Waals surface area (Å²) in [4.78, 5) is 18.7. The smallest absolute Gasteiger partial charge is 0.263 e. The average Bonchev–Trinajstić information content (AvgIpc) is 2.85. The molecule has 4 rings (SSSR count). The summed E-state index contributed by atoms with van der Waals surface area (Å²) in [7, 11) is -3.77. The second-order valence-electron chi connectivity index (χ2n) is 7.95. The average molecular weight is 466 g/mol. The number of nitrogens with one attached hydrogen (secondary N) is 1. The number of Topliss-reactive ketones (excluding diaryl/α,β-unsaturated/α-hetero) is 1. The van der Waals surface area contributed by atoms with Gasteiger partial charge >= 0.3 is 0 Å². The van der Waals surface area contributed by atoms with E-state index in [-0.39, 0.29) is 10.7 Å². The SMILES string of the molecule is O=C(CCc1cccnc1)Cc1ccc(NS(=O)(=O)c2ccccc2N2CCOCC2)cc1. The van der Waals surface area contributed by atoms with Crippen LogP contribution in [0.4, 0.5) is 11.4 Å². The van der Waals surface area contributed by atoms with Crippen LogP contribution in [0.15, 0.2) is 78.0 Å². The summed E-state index contributed by atoms with van der Waals surface area (Å²) in [5.74, 6) is 0.131. The molecule has 0 radical (unpaired) electrons. The number of benzene rings is 2. The molecule has 0 atom stereocenters. The number of pyridine rings is 1. The zero-order valence-corrected chi connectivity index (χ0v) is 19.1. The Kier molecular flexibility index (Phi) is 7.36. The number of sulfonamides is 1. The lowest BCUT2D eigenvalue weighted by Crippen LogP contribution is -2.37. The minimum absolute atomic E-state index is 0.131. The van der Waals surface area contributed by atoms with Gasteiger partial charge in [0.15, 0.2) is 0 Å². The number of nitrogens with zero attached hydrogens (tertiary/aromatic N) is 2. The number of hydrogen-bond donors (Lipinski definition) is 1. The number of anilines is 2. The molecule has 1 aliphatic rings. The van der Waals surface area contributed by atoms with E-state index in [0.29, 0.717) is 56.9 Å². The number of ketones is 1. The summed E-state index contributed by atoms with van der Waals surface area (Å²) in [5.41, 5.74) is 3.01. The van der Waals surface area contributed by atoms with Gasteiger partial charge in [-0.25, -0.2) is 8.42 Å². The van der Waals surface area contributed by atoms with Gasteiger partial charge in [0.2, 0.25) is 0 Å². The van der Waals surface area contributed by atoms with Gasteiger partial charge in [-0.2, -0.15) is 0 Å². The molecule has 1 aromatic heterocycles. The van der Waals surface area contributed by atoms with Gasteiger partial charge < -0.3 is 9.64 Å². The fraction of sp³-hybridized carbons (Fsp3) is 0.280.